The Bertz CT molecular complexity index is 559. The Kier molecular flexibility index (Phi) is 5.31. The molecule has 3 N–H and O–H groups in total. The molecule has 0 aliphatic carbocycles. The van der Waals surface area contributed by atoms with E-state index in [1.54, 1.807) is 0 Å². The zero-order valence-electron chi connectivity index (χ0n) is 12.4. The maximum Gasteiger partial charge on any atom is 0.274 e. The van der Waals surface area contributed by atoms with Crippen molar-refractivity contribution in [2.45, 2.75) is 39.2 Å². The molecule has 2 atom stereocenters. The fourth-order valence-corrected chi connectivity index (χ4v) is 3.05. The summed E-state index contributed by atoms with van der Waals surface area (Å²) in [5.74, 6) is 1.57. The number of aryl methyl sites for hydroxylation is 1. The molecule has 0 radical (unpaired) electrons. The predicted molar refractivity (Wildman–Crippen MR) is 77.5 cm³/mol. The Morgan fingerprint density at radius 3 is 2.95 bits per heavy atom. The van der Waals surface area contributed by atoms with Gasteiger partial charge < -0.3 is 4.52 Å². The van der Waals surface area contributed by atoms with Gasteiger partial charge in [0.1, 0.15) is 0 Å². The van der Waals surface area contributed by atoms with Gasteiger partial charge in [0.15, 0.2) is 5.82 Å². The van der Waals surface area contributed by atoms with Crippen molar-refractivity contribution in [1.82, 2.24) is 19.8 Å². The van der Waals surface area contributed by atoms with E-state index in [1.807, 2.05) is 13.8 Å². The van der Waals surface area contributed by atoms with Crippen LogP contribution in [0.1, 0.15) is 44.4 Å². The molecule has 2 heterocycles. The van der Waals surface area contributed by atoms with Crippen LogP contribution >= 0.6 is 0 Å². The van der Waals surface area contributed by atoms with Gasteiger partial charge in [-0.3, -0.25) is 4.90 Å². The van der Waals surface area contributed by atoms with E-state index in [1.165, 1.54) is 0 Å². The van der Waals surface area contributed by atoms with Crippen molar-refractivity contribution < 1.29 is 12.9 Å². The number of aromatic nitrogens is 2. The first-order valence-electron chi connectivity index (χ1n) is 7.23. The van der Waals surface area contributed by atoms with E-state index >= 15 is 0 Å². The number of nitrogens with two attached hydrogens (primary N) is 1. The van der Waals surface area contributed by atoms with E-state index in [0.717, 1.165) is 32.4 Å². The number of nitrogens with zero attached hydrogens (tertiary/aromatic N) is 3. The lowest BCUT2D eigenvalue weighted by Gasteiger charge is -2.35. The van der Waals surface area contributed by atoms with Crippen LogP contribution in [0.4, 0.5) is 0 Å². The highest BCUT2D eigenvalue weighted by Crippen LogP contribution is 2.25. The van der Waals surface area contributed by atoms with Gasteiger partial charge in [-0.25, -0.2) is 9.86 Å². The Morgan fingerprint density at radius 1 is 1.57 bits per heavy atom. The highest BCUT2D eigenvalue weighted by molar-refractivity contribution is 7.87. The van der Waals surface area contributed by atoms with Gasteiger partial charge in [0.25, 0.3) is 10.2 Å². The van der Waals surface area contributed by atoms with E-state index in [2.05, 4.69) is 19.8 Å². The van der Waals surface area contributed by atoms with Crippen molar-refractivity contribution in [3.05, 3.63) is 11.7 Å². The molecule has 2 rings (SSSR count). The smallest absolute Gasteiger partial charge is 0.274 e. The molecule has 0 bridgehead atoms. The third-order valence-electron chi connectivity index (χ3n) is 3.83. The molecule has 1 fully saturated rings. The zero-order chi connectivity index (χ0) is 15.5. The minimum atomic E-state index is -3.62. The molecule has 1 saturated heterocycles. The van der Waals surface area contributed by atoms with Crippen LogP contribution in [0, 0.1) is 5.92 Å². The third kappa shape index (κ3) is 4.73. The second kappa shape index (κ2) is 6.82. The van der Waals surface area contributed by atoms with Gasteiger partial charge in [-0.2, -0.15) is 13.4 Å². The topological polar surface area (TPSA) is 114 Å². The summed E-state index contributed by atoms with van der Waals surface area (Å²) in [7, 11) is -3.62. The van der Waals surface area contributed by atoms with Crippen LogP contribution in [-0.4, -0.2) is 43.1 Å². The van der Waals surface area contributed by atoms with Gasteiger partial charge in [-0.15, -0.1) is 0 Å². The number of hydrogen-bond donors (Lipinski definition) is 2. The number of nitrogens with one attached hydrogen (secondary N) is 1. The average molecular weight is 317 g/mol. The van der Waals surface area contributed by atoms with Crippen LogP contribution in [0.15, 0.2) is 4.52 Å². The first kappa shape index (κ1) is 16.3. The van der Waals surface area contributed by atoms with E-state index in [9.17, 15) is 8.42 Å². The van der Waals surface area contributed by atoms with E-state index in [-0.39, 0.29) is 12.0 Å². The molecule has 0 aromatic carbocycles. The average Bonchev–Trinajstić information content (AvgIpc) is 2.93. The zero-order valence-corrected chi connectivity index (χ0v) is 13.3. The summed E-state index contributed by atoms with van der Waals surface area (Å²) in [5.41, 5.74) is 0. The first-order chi connectivity index (χ1) is 9.89. The maximum absolute atomic E-state index is 11.0. The summed E-state index contributed by atoms with van der Waals surface area (Å²) in [5, 5.41) is 8.89. The molecule has 0 saturated carbocycles. The molecule has 1 aromatic rings. The second-order valence-electron chi connectivity index (χ2n) is 5.48. The fourth-order valence-electron chi connectivity index (χ4n) is 2.59. The lowest BCUT2D eigenvalue weighted by atomic mass is 9.97. The Balaban J connectivity index is 1.93. The van der Waals surface area contributed by atoms with Crippen molar-refractivity contribution in [2.24, 2.45) is 11.1 Å². The van der Waals surface area contributed by atoms with Crippen LogP contribution in [0.25, 0.3) is 0 Å². The molecule has 1 aliphatic heterocycles. The summed E-state index contributed by atoms with van der Waals surface area (Å²) in [6.07, 6.45) is 2.74. The van der Waals surface area contributed by atoms with Gasteiger partial charge in [0.05, 0.1) is 6.04 Å². The number of piperidine rings is 1. The first-order valence-corrected chi connectivity index (χ1v) is 8.77. The molecule has 0 spiro atoms. The lowest BCUT2D eigenvalue weighted by molar-refractivity contribution is 0.112. The van der Waals surface area contributed by atoms with Crippen LogP contribution in [0.3, 0.4) is 0 Å². The van der Waals surface area contributed by atoms with Crippen LogP contribution in [-0.2, 0) is 16.6 Å². The van der Waals surface area contributed by atoms with Crippen molar-refractivity contribution in [2.75, 3.05) is 19.6 Å². The molecule has 21 heavy (non-hydrogen) atoms. The Morgan fingerprint density at radius 2 is 2.33 bits per heavy atom. The fraction of sp³-hybridized carbons (Fsp3) is 0.833. The van der Waals surface area contributed by atoms with Gasteiger partial charge in [-0.1, -0.05) is 12.1 Å². The summed E-state index contributed by atoms with van der Waals surface area (Å²) in [6, 6.07) is 0.0371. The molecular formula is C12H23N5O3S. The molecule has 120 valence electrons. The highest BCUT2D eigenvalue weighted by atomic mass is 32.2. The van der Waals surface area contributed by atoms with Gasteiger partial charge in [0, 0.05) is 19.5 Å². The minimum Gasteiger partial charge on any atom is -0.338 e. The molecule has 0 amide bonds. The lowest BCUT2D eigenvalue weighted by Crippen LogP contribution is -2.43. The van der Waals surface area contributed by atoms with Crippen molar-refractivity contribution >= 4 is 10.2 Å². The molecular weight excluding hydrogens is 294 g/mol. The molecule has 0 unspecified atom stereocenters. The van der Waals surface area contributed by atoms with Crippen LogP contribution in [0.5, 0.6) is 0 Å². The van der Waals surface area contributed by atoms with Crippen LogP contribution in [0.2, 0.25) is 0 Å². The minimum absolute atomic E-state index is 0.0371. The highest BCUT2D eigenvalue weighted by Gasteiger charge is 2.27. The maximum atomic E-state index is 11.0. The molecule has 1 aliphatic rings. The monoisotopic (exact) mass is 317 g/mol. The van der Waals surface area contributed by atoms with Gasteiger partial charge in [-0.05, 0) is 32.2 Å². The summed E-state index contributed by atoms with van der Waals surface area (Å²) >= 11 is 0. The number of hydrogen-bond acceptors (Lipinski definition) is 6. The number of likely N-dealkylation sites (tertiary alicyclic amines) is 1. The largest absolute Gasteiger partial charge is 0.338 e. The Labute approximate surface area is 125 Å². The Hall–Kier alpha value is -1.03. The normalized spacial score (nSPS) is 22.3. The quantitative estimate of drug-likeness (QED) is 0.774. The van der Waals surface area contributed by atoms with E-state index in [4.69, 9.17) is 9.66 Å². The van der Waals surface area contributed by atoms with Crippen molar-refractivity contribution in [3.8, 4) is 0 Å². The van der Waals surface area contributed by atoms with Gasteiger partial charge >= 0.3 is 0 Å². The molecule has 8 nitrogen and oxygen atoms in total. The second-order valence-corrected chi connectivity index (χ2v) is 6.85. The predicted octanol–water partition coefficient (Wildman–Crippen LogP) is 0.198. The molecule has 9 heteroatoms. The van der Waals surface area contributed by atoms with Crippen molar-refractivity contribution in [1.29, 1.82) is 0 Å². The van der Waals surface area contributed by atoms with E-state index < -0.39 is 10.2 Å². The van der Waals surface area contributed by atoms with Crippen molar-refractivity contribution in [3.63, 3.8) is 0 Å². The summed E-state index contributed by atoms with van der Waals surface area (Å²) in [4.78, 5) is 6.61. The van der Waals surface area contributed by atoms with E-state index in [0.29, 0.717) is 18.3 Å². The number of rotatable bonds is 6. The summed E-state index contributed by atoms with van der Waals surface area (Å²) in [6.45, 7) is 6.11. The molecule has 1 aromatic heterocycles. The standard InChI is InChI=1S/C12H23N5O3S/c1-3-11-15-12(20-16-11)9(2)17-6-4-5-10(8-17)7-14-21(13,18)19/h9-10,14H,3-8H2,1-2H3,(H2,13,18,19)/t9-,10-/m1/s1. The summed E-state index contributed by atoms with van der Waals surface area (Å²) < 4.78 is 29.6. The van der Waals surface area contributed by atoms with Gasteiger partial charge in [0.2, 0.25) is 5.89 Å². The SMILES string of the molecule is CCc1noc([C@@H](C)N2CCC[C@H](CNS(N)(=O)=O)C2)n1. The third-order valence-corrected chi connectivity index (χ3v) is 4.40. The van der Waals surface area contributed by atoms with Crippen LogP contribution < -0.4 is 9.86 Å².